The van der Waals surface area contributed by atoms with Crippen LogP contribution in [0.4, 0.5) is 0 Å². The molecule has 1 aliphatic heterocycles. The van der Waals surface area contributed by atoms with Gasteiger partial charge in [-0.05, 0) is 34.7 Å². The first kappa shape index (κ1) is 15.8. The van der Waals surface area contributed by atoms with Crippen LogP contribution in [0.2, 0.25) is 0 Å². The maximum atomic E-state index is 11.9. The zero-order chi connectivity index (χ0) is 16.6. The molecule has 1 aromatic heterocycles. The zero-order valence-corrected chi connectivity index (χ0v) is 15.0. The molecule has 2 heterocycles. The highest BCUT2D eigenvalue weighted by atomic mass is 127. The highest BCUT2D eigenvalue weighted by Crippen LogP contribution is 2.32. The molecule has 3 rings (SSSR count). The summed E-state index contributed by atoms with van der Waals surface area (Å²) in [6, 6.07) is 7.37. The quantitative estimate of drug-likeness (QED) is 0.707. The molecular weight excluding hydrogens is 411 g/mol. The monoisotopic (exact) mass is 426 g/mol. The molecule has 1 amide bonds. The van der Waals surface area contributed by atoms with Gasteiger partial charge in [0, 0.05) is 25.7 Å². The Balaban J connectivity index is 1.97. The maximum absolute atomic E-state index is 11.9. The van der Waals surface area contributed by atoms with Crippen LogP contribution in [0, 0.1) is 3.57 Å². The number of aromatic nitrogens is 2. The van der Waals surface area contributed by atoms with E-state index < -0.39 is 6.23 Å². The van der Waals surface area contributed by atoms with E-state index in [1.165, 1.54) is 11.9 Å². The highest BCUT2D eigenvalue weighted by Gasteiger charge is 2.35. The lowest BCUT2D eigenvalue weighted by Crippen LogP contribution is -2.25. The van der Waals surface area contributed by atoms with Crippen molar-refractivity contribution in [3.05, 3.63) is 45.3 Å². The summed E-state index contributed by atoms with van der Waals surface area (Å²) in [6.07, 6.45) is 1.23. The van der Waals surface area contributed by atoms with Crippen LogP contribution < -0.4 is 4.74 Å². The number of carbonyl (C=O) groups is 1. The van der Waals surface area contributed by atoms with Crippen molar-refractivity contribution < 1.29 is 14.3 Å². The van der Waals surface area contributed by atoms with Crippen LogP contribution in [-0.4, -0.2) is 33.7 Å². The third-order valence-corrected chi connectivity index (χ3v) is 4.12. The van der Waals surface area contributed by atoms with Gasteiger partial charge in [0.05, 0.1) is 10.7 Å². The maximum Gasteiger partial charge on any atom is 0.263 e. The number of amides is 1. The number of benzene rings is 1. The second-order valence-corrected chi connectivity index (χ2v) is 6.18. The summed E-state index contributed by atoms with van der Waals surface area (Å²) in [7, 11) is 3.42. The number of halogens is 1. The number of methoxy groups -OCH3 is 1. The fourth-order valence-electron chi connectivity index (χ4n) is 2.28. The average molecular weight is 426 g/mol. The lowest BCUT2D eigenvalue weighted by atomic mass is 10.2. The molecule has 0 N–H and O–H groups in total. The summed E-state index contributed by atoms with van der Waals surface area (Å²) in [5.74, 6) is 0.812. The number of ether oxygens (including phenoxy) is 2. The van der Waals surface area contributed by atoms with Crippen molar-refractivity contribution in [1.29, 1.82) is 0 Å². The normalized spacial score (nSPS) is 17.0. The number of hydrogen-bond donors (Lipinski definition) is 0. The van der Waals surface area contributed by atoms with Gasteiger partial charge in [-0.15, -0.1) is 5.10 Å². The van der Waals surface area contributed by atoms with Crippen molar-refractivity contribution >= 4 is 34.4 Å². The number of carbonyl (C=O) groups excluding carboxylic acids is 1. The first-order valence-electron chi connectivity index (χ1n) is 6.88. The van der Waals surface area contributed by atoms with Gasteiger partial charge in [0.25, 0.3) is 5.90 Å². The predicted molar refractivity (Wildman–Crippen MR) is 91.8 cm³/mol. The molecule has 0 aliphatic carbocycles. The standard InChI is InChI=1S/C15H15IN4O3/c1-9(21)20-15(10-5-4-6-11(7-10)22-3)23-14(18-20)13-12(16)8-19(2)17-13/h4-8,15H,1-3H3. The van der Waals surface area contributed by atoms with Crippen molar-refractivity contribution in [2.75, 3.05) is 7.11 Å². The molecule has 1 aromatic carbocycles. The predicted octanol–water partition coefficient (Wildman–Crippen LogP) is 2.27. The third kappa shape index (κ3) is 3.03. The van der Waals surface area contributed by atoms with Crippen LogP contribution in [0.25, 0.3) is 0 Å². The molecule has 1 atom stereocenters. The van der Waals surface area contributed by atoms with Gasteiger partial charge < -0.3 is 9.47 Å². The van der Waals surface area contributed by atoms with E-state index in [-0.39, 0.29) is 5.91 Å². The summed E-state index contributed by atoms with van der Waals surface area (Å²) < 4.78 is 13.7. The minimum absolute atomic E-state index is 0.209. The van der Waals surface area contributed by atoms with Crippen molar-refractivity contribution in [1.82, 2.24) is 14.8 Å². The lowest BCUT2D eigenvalue weighted by Gasteiger charge is -2.19. The molecular formula is C15H15IN4O3. The molecule has 0 spiro atoms. The molecule has 0 bridgehead atoms. The topological polar surface area (TPSA) is 69.0 Å². The second-order valence-electron chi connectivity index (χ2n) is 5.01. The second kappa shape index (κ2) is 6.19. The van der Waals surface area contributed by atoms with E-state index in [0.29, 0.717) is 17.3 Å². The molecule has 0 saturated carbocycles. The lowest BCUT2D eigenvalue weighted by molar-refractivity contribution is -0.135. The zero-order valence-electron chi connectivity index (χ0n) is 12.9. The Morgan fingerprint density at radius 1 is 1.43 bits per heavy atom. The van der Waals surface area contributed by atoms with E-state index in [0.717, 1.165) is 9.13 Å². The van der Waals surface area contributed by atoms with E-state index >= 15 is 0 Å². The van der Waals surface area contributed by atoms with E-state index in [1.807, 2.05) is 37.5 Å². The van der Waals surface area contributed by atoms with Crippen LogP contribution in [0.5, 0.6) is 5.75 Å². The minimum Gasteiger partial charge on any atom is -0.497 e. The largest absolute Gasteiger partial charge is 0.497 e. The first-order valence-corrected chi connectivity index (χ1v) is 7.96. The summed E-state index contributed by atoms with van der Waals surface area (Å²) in [5.41, 5.74) is 1.40. The highest BCUT2D eigenvalue weighted by molar-refractivity contribution is 14.1. The molecule has 1 aliphatic rings. The van der Waals surface area contributed by atoms with E-state index in [4.69, 9.17) is 9.47 Å². The summed E-state index contributed by atoms with van der Waals surface area (Å²) in [5, 5.41) is 9.95. The van der Waals surface area contributed by atoms with E-state index in [1.54, 1.807) is 11.8 Å². The minimum atomic E-state index is -0.629. The van der Waals surface area contributed by atoms with Gasteiger partial charge >= 0.3 is 0 Å². The van der Waals surface area contributed by atoms with E-state index in [9.17, 15) is 4.79 Å². The SMILES string of the molecule is COc1cccc(C2OC(c3nn(C)cc3I)=NN2C(C)=O)c1. The Bertz CT molecular complexity index is 787. The van der Waals surface area contributed by atoms with Gasteiger partial charge in [-0.2, -0.15) is 10.1 Å². The Morgan fingerprint density at radius 2 is 2.22 bits per heavy atom. The molecule has 0 fully saturated rings. The van der Waals surface area contributed by atoms with Gasteiger partial charge in [0.1, 0.15) is 5.75 Å². The summed E-state index contributed by atoms with van der Waals surface area (Å²) in [4.78, 5) is 11.9. The van der Waals surface area contributed by atoms with Gasteiger partial charge in [-0.25, -0.2) is 0 Å². The fraction of sp³-hybridized carbons (Fsp3) is 0.267. The fourth-order valence-corrected chi connectivity index (χ4v) is 3.02. The molecule has 7 nitrogen and oxygen atoms in total. The number of hydrogen-bond acceptors (Lipinski definition) is 5. The Kier molecular flexibility index (Phi) is 4.24. The first-order chi connectivity index (χ1) is 11.0. The number of nitrogens with zero attached hydrogens (tertiary/aromatic N) is 4. The van der Waals surface area contributed by atoms with Gasteiger partial charge in [0.2, 0.25) is 12.1 Å². The van der Waals surface area contributed by atoms with Crippen molar-refractivity contribution in [3.63, 3.8) is 0 Å². The number of hydrazone groups is 1. The van der Waals surface area contributed by atoms with Crippen LogP contribution in [0.3, 0.4) is 0 Å². The molecule has 2 aromatic rings. The average Bonchev–Trinajstić information content (AvgIpc) is 3.10. The molecule has 1 unspecified atom stereocenters. The Hall–Kier alpha value is -2.10. The number of aryl methyl sites for hydroxylation is 1. The number of rotatable bonds is 3. The molecule has 0 radical (unpaired) electrons. The van der Waals surface area contributed by atoms with Crippen molar-refractivity contribution in [2.24, 2.45) is 12.1 Å². The van der Waals surface area contributed by atoms with Gasteiger partial charge in [-0.3, -0.25) is 9.48 Å². The molecule has 23 heavy (non-hydrogen) atoms. The van der Waals surface area contributed by atoms with Crippen LogP contribution in [-0.2, 0) is 16.6 Å². The van der Waals surface area contributed by atoms with Crippen molar-refractivity contribution in [2.45, 2.75) is 13.2 Å². The van der Waals surface area contributed by atoms with Crippen LogP contribution >= 0.6 is 22.6 Å². The van der Waals surface area contributed by atoms with Crippen LogP contribution in [0.15, 0.2) is 35.6 Å². The molecule has 8 heteroatoms. The smallest absolute Gasteiger partial charge is 0.263 e. The van der Waals surface area contributed by atoms with E-state index in [2.05, 4.69) is 32.8 Å². The van der Waals surface area contributed by atoms with Gasteiger partial charge in [-0.1, -0.05) is 12.1 Å². The molecule has 0 saturated heterocycles. The van der Waals surface area contributed by atoms with Crippen molar-refractivity contribution in [3.8, 4) is 5.75 Å². The van der Waals surface area contributed by atoms with Gasteiger partial charge in [0.15, 0.2) is 5.69 Å². The Morgan fingerprint density at radius 3 is 2.83 bits per heavy atom. The molecule has 120 valence electrons. The Labute approximate surface area is 147 Å². The van der Waals surface area contributed by atoms with Crippen LogP contribution in [0.1, 0.15) is 24.4 Å². The summed E-state index contributed by atoms with van der Waals surface area (Å²) in [6.45, 7) is 1.45. The summed E-state index contributed by atoms with van der Waals surface area (Å²) >= 11 is 2.16. The third-order valence-electron chi connectivity index (χ3n) is 3.33.